The molecule has 3 rings (SSSR count). The fourth-order valence-corrected chi connectivity index (χ4v) is 2.96. The van der Waals surface area contributed by atoms with Crippen molar-refractivity contribution in [3.05, 3.63) is 59.7 Å². The fourth-order valence-electron chi connectivity index (χ4n) is 2.96. The number of rotatable bonds is 5. The van der Waals surface area contributed by atoms with Gasteiger partial charge in [-0.25, -0.2) is 0 Å². The lowest BCUT2D eigenvalue weighted by molar-refractivity contribution is -0.149. The van der Waals surface area contributed by atoms with E-state index in [2.05, 4.69) is 0 Å². The number of aryl methyl sites for hydroxylation is 1. The highest BCUT2D eigenvalue weighted by Crippen LogP contribution is 2.34. The zero-order valence-electron chi connectivity index (χ0n) is 14.4. The van der Waals surface area contributed by atoms with Crippen LogP contribution >= 0.6 is 0 Å². The molecule has 25 heavy (non-hydrogen) atoms. The van der Waals surface area contributed by atoms with Crippen molar-refractivity contribution in [2.24, 2.45) is 5.92 Å². The minimum absolute atomic E-state index is 0.0921. The van der Waals surface area contributed by atoms with Crippen molar-refractivity contribution < 1.29 is 19.1 Å². The average molecular weight is 339 g/mol. The van der Waals surface area contributed by atoms with E-state index in [-0.39, 0.29) is 24.9 Å². The maximum atomic E-state index is 12.4. The van der Waals surface area contributed by atoms with E-state index in [1.807, 2.05) is 55.5 Å². The lowest BCUT2D eigenvalue weighted by atomic mass is 10.1. The molecule has 0 spiro atoms. The molecule has 5 nitrogen and oxygen atoms in total. The molecule has 1 atom stereocenters. The van der Waals surface area contributed by atoms with Crippen molar-refractivity contribution in [1.29, 1.82) is 0 Å². The van der Waals surface area contributed by atoms with Crippen LogP contribution in [0.15, 0.2) is 48.5 Å². The van der Waals surface area contributed by atoms with Crippen molar-refractivity contribution in [2.45, 2.75) is 20.0 Å². The summed E-state index contributed by atoms with van der Waals surface area (Å²) < 4.78 is 10.7. The van der Waals surface area contributed by atoms with Gasteiger partial charge in [-0.15, -0.1) is 0 Å². The Hall–Kier alpha value is -2.82. The number of carbonyl (C=O) groups is 2. The van der Waals surface area contributed by atoms with Gasteiger partial charge in [0.15, 0.2) is 0 Å². The van der Waals surface area contributed by atoms with Crippen molar-refractivity contribution in [2.75, 3.05) is 18.6 Å². The van der Waals surface area contributed by atoms with E-state index in [1.165, 1.54) is 0 Å². The first-order valence-corrected chi connectivity index (χ1v) is 8.24. The second kappa shape index (κ2) is 7.38. The number of amides is 1. The molecular weight excluding hydrogens is 318 g/mol. The Morgan fingerprint density at radius 3 is 2.68 bits per heavy atom. The Morgan fingerprint density at radius 1 is 1.20 bits per heavy atom. The molecule has 1 aliphatic heterocycles. The number of anilines is 1. The Morgan fingerprint density at radius 2 is 1.96 bits per heavy atom. The van der Waals surface area contributed by atoms with Crippen LogP contribution in [0.5, 0.6) is 5.75 Å². The van der Waals surface area contributed by atoms with Crippen LogP contribution in [0, 0.1) is 12.8 Å². The van der Waals surface area contributed by atoms with Gasteiger partial charge < -0.3 is 14.4 Å². The van der Waals surface area contributed by atoms with E-state index in [9.17, 15) is 9.59 Å². The normalized spacial score (nSPS) is 16.8. The summed E-state index contributed by atoms with van der Waals surface area (Å²) in [5.74, 6) is -0.268. The Kier molecular flexibility index (Phi) is 5.03. The molecule has 1 heterocycles. The SMILES string of the molecule is COc1ccc(C)cc1N1C[C@@H](C(=O)OCc2ccccc2)CC1=O. The molecule has 0 unspecified atom stereocenters. The smallest absolute Gasteiger partial charge is 0.311 e. The number of ether oxygens (including phenoxy) is 2. The van der Waals surface area contributed by atoms with Crippen LogP contribution in [0.2, 0.25) is 0 Å². The van der Waals surface area contributed by atoms with Gasteiger partial charge in [0.1, 0.15) is 12.4 Å². The van der Waals surface area contributed by atoms with E-state index >= 15 is 0 Å². The van der Waals surface area contributed by atoms with E-state index in [1.54, 1.807) is 12.0 Å². The van der Waals surface area contributed by atoms with Gasteiger partial charge >= 0.3 is 5.97 Å². The number of nitrogens with zero attached hydrogens (tertiary/aromatic N) is 1. The molecule has 0 saturated carbocycles. The second-order valence-electron chi connectivity index (χ2n) is 6.17. The summed E-state index contributed by atoms with van der Waals surface area (Å²) in [7, 11) is 1.57. The van der Waals surface area contributed by atoms with Gasteiger partial charge in [-0.05, 0) is 30.2 Å². The van der Waals surface area contributed by atoms with E-state index in [0.29, 0.717) is 18.0 Å². The average Bonchev–Trinajstić information content (AvgIpc) is 3.02. The lowest BCUT2D eigenvalue weighted by Crippen LogP contribution is -2.27. The minimum Gasteiger partial charge on any atom is -0.495 e. The predicted octanol–water partition coefficient (Wildman–Crippen LogP) is 3.10. The maximum absolute atomic E-state index is 12.4. The quantitative estimate of drug-likeness (QED) is 0.786. The van der Waals surface area contributed by atoms with Gasteiger partial charge in [-0.3, -0.25) is 9.59 Å². The number of esters is 1. The number of methoxy groups -OCH3 is 1. The predicted molar refractivity (Wildman–Crippen MR) is 94.4 cm³/mol. The van der Waals surface area contributed by atoms with Crippen LogP contribution in [-0.4, -0.2) is 25.5 Å². The third kappa shape index (κ3) is 3.82. The molecule has 2 aromatic rings. The monoisotopic (exact) mass is 339 g/mol. The van der Waals surface area contributed by atoms with Crippen LogP contribution in [0.4, 0.5) is 5.69 Å². The van der Waals surface area contributed by atoms with Crippen LogP contribution in [0.1, 0.15) is 17.5 Å². The first-order chi connectivity index (χ1) is 12.1. The molecule has 130 valence electrons. The fraction of sp³-hybridized carbons (Fsp3) is 0.300. The summed E-state index contributed by atoms with van der Waals surface area (Å²) in [6.45, 7) is 2.49. The Labute approximate surface area is 147 Å². The second-order valence-corrected chi connectivity index (χ2v) is 6.17. The summed E-state index contributed by atoms with van der Waals surface area (Å²) in [6.07, 6.45) is 0.157. The summed E-state index contributed by atoms with van der Waals surface area (Å²) in [5, 5.41) is 0. The molecule has 0 N–H and O–H groups in total. The van der Waals surface area contributed by atoms with Crippen LogP contribution in [-0.2, 0) is 20.9 Å². The molecule has 0 aliphatic carbocycles. The van der Waals surface area contributed by atoms with Crippen molar-refractivity contribution in [3.8, 4) is 5.75 Å². The Bertz CT molecular complexity index is 773. The molecule has 0 radical (unpaired) electrons. The lowest BCUT2D eigenvalue weighted by Gasteiger charge is -2.20. The molecule has 1 saturated heterocycles. The third-order valence-electron chi connectivity index (χ3n) is 4.31. The van der Waals surface area contributed by atoms with Crippen LogP contribution < -0.4 is 9.64 Å². The molecule has 1 amide bonds. The molecule has 0 bridgehead atoms. The highest BCUT2D eigenvalue weighted by molar-refractivity contribution is 6.00. The van der Waals surface area contributed by atoms with Gasteiger partial charge in [-0.2, -0.15) is 0 Å². The third-order valence-corrected chi connectivity index (χ3v) is 4.31. The number of carbonyl (C=O) groups excluding carboxylic acids is 2. The van der Waals surface area contributed by atoms with Crippen molar-refractivity contribution in [3.63, 3.8) is 0 Å². The van der Waals surface area contributed by atoms with Gasteiger partial charge in [-0.1, -0.05) is 36.4 Å². The Balaban J connectivity index is 1.68. The first-order valence-electron chi connectivity index (χ1n) is 8.24. The standard InChI is InChI=1S/C20H21NO4/c1-14-8-9-18(24-2)17(10-14)21-12-16(11-19(21)22)20(23)25-13-15-6-4-3-5-7-15/h3-10,16H,11-13H2,1-2H3/t16-/m0/s1. The largest absolute Gasteiger partial charge is 0.495 e. The van der Waals surface area contributed by atoms with Gasteiger partial charge in [0.05, 0.1) is 18.7 Å². The molecular formula is C20H21NO4. The summed E-state index contributed by atoms with van der Waals surface area (Å²) in [4.78, 5) is 26.3. The van der Waals surface area contributed by atoms with Gasteiger partial charge in [0, 0.05) is 13.0 Å². The number of hydrogen-bond acceptors (Lipinski definition) is 4. The summed E-state index contributed by atoms with van der Waals surface area (Å²) >= 11 is 0. The number of benzene rings is 2. The highest BCUT2D eigenvalue weighted by atomic mass is 16.5. The molecule has 1 aliphatic rings. The molecule has 2 aromatic carbocycles. The number of hydrogen-bond donors (Lipinski definition) is 0. The van der Waals surface area contributed by atoms with Crippen LogP contribution in [0.25, 0.3) is 0 Å². The van der Waals surface area contributed by atoms with Gasteiger partial charge in [0.2, 0.25) is 5.91 Å². The maximum Gasteiger partial charge on any atom is 0.311 e. The zero-order valence-corrected chi connectivity index (χ0v) is 14.4. The summed E-state index contributed by atoms with van der Waals surface area (Å²) in [5.41, 5.74) is 2.65. The van der Waals surface area contributed by atoms with Gasteiger partial charge in [0.25, 0.3) is 0 Å². The van der Waals surface area contributed by atoms with Crippen molar-refractivity contribution in [1.82, 2.24) is 0 Å². The molecule has 5 heteroatoms. The summed E-state index contributed by atoms with van der Waals surface area (Å²) in [6, 6.07) is 15.2. The molecule has 0 aromatic heterocycles. The molecule has 1 fully saturated rings. The van der Waals surface area contributed by atoms with E-state index < -0.39 is 5.92 Å². The van der Waals surface area contributed by atoms with Crippen molar-refractivity contribution >= 4 is 17.6 Å². The zero-order chi connectivity index (χ0) is 17.8. The van der Waals surface area contributed by atoms with E-state index in [4.69, 9.17) is 9.47 Å². The first kappa shape index (κ1) is 17.0. The minimum atomic E-state index is -0.457. The highest BCUT2D eigenvalue weighted by Gasteiger charge is 2.37. The van der Waals surface area contributed by atoms with Crippen LogP contribution in [0.3, 0.4) is 0 Å². The topological polar surface area (TPSA) is 55.8 Å². The van der Waals surface area contributed by atoms with E-state index in [0.717, 1.165) is 11.1 Å².